The summed E-state index contributed by atoms with van der Waals surface area (Å²) in [6.45, 7) is 0. The van der Waals surface area contributed by atoms with Gasteiger partial charge in [0, 0.05) is 10.6 Å². The van der Waals surface area contributed by atoms with Crippen molar-refractivity contribution in [2.75, 3.05) is 0 Å². The summed E-state index contributed by atoms with van der Waals surface area (Å²) < 4.78 is 7.24. The smallest absolute Gasteiger partial charge is 0.237 e. The number of hydrogen-bond donors (Lipinski definition) is 0. The van der Waals surface area contributed by atoms with E-state index in [0.717, 1.165) is 23.6 Å². The van der Waals surface area contributed by atoms with Gasteiger partial charge in [0.25, 0.3) is 0 Å². The third-order valence-electron chi connectivity index (χ3n) is 4.01. The largest absolute Gasteiger partial charge is 0.338 e. The van der Waals surface area contributed by atoms with Crippen LogP contribution in [0.25, 0.3) is 11.4 Å². The molecule has 0 N–H and O–H groups in total. The lowest BCUT2D eigenvalue weighted by molar-refractivity contribution is 0.391. The normalized spacial score (nSPS) is 15.2. The minimum Gasteiger partial charge on any atom is -0.338 e. The maximum Gasteiger partial charge on any atom is 0.237 e. The standard InChI is InChI=1S/C15H15ClN6OS/c16-11-5-3-4-10(8-11)14-17-13(23-19-14)9-24-15-18-20-21-22(15)12-6-1-2-7-12/h3-5,8,12H,1-2,6-7,9H2. The number of rotatable bonds is 5. The van der Waals surface area contributed by atoms with E-state index in [1.165, 1.54) is 24.6 Å². The topological polar surface area (TPSA) is 82.5 Å². The molecule has 24 heavy (non-hydrogen) atoms. The van der Waals surface area contributed by atoms with Gasteiger partial charge in [0.15, 0.2) is 0 Å². The number of tetrazole rings is 1. The van der Waals surface area contributed by atoms with E-state index in [-0.39, 0.29) is 0 Å². The Hall–Kier alpha value is -1.93. The molecule has 4 rings (SSSR count). The van der Waals surface area contributed by atoms with Crippen molar-refractivity contribution in [2.24, 2.45) is 0 Å². The first-order valence-electron chi connectivity index (χ1n) is 7.79. The van der Waals surface area contributed by atoms with E-state index in [4.69, 9.17) is 16.1 Å². The lowest BCUT2D eigenvalue weighted by Gasteiger charge is -2.09. The Balaban J connectivity index is 1.45. The Morgan fingerprint density at radius 1 is 1.29 bits per heavy atom. The first-order valence-corrected chi connectivity index (χ1v) is 9.15. The van der Waals surface area contributed by atoms with Crippen molar-refractivity contribution in [2.45, 2.75) is 42.6 Å². The number of hydrogen-bond acceptors (Lipinski definition) is 7. The predicted molar refractivity (Wildman–Crippen MR) is 89.6 cm³/mol. The molecule has 2 heterocycles. The molecule has 7 nitrogen and oxygen atoms in total. The zero-order valence-corrected chi connectivity index (χ0v) is 14.4. The lowest BCUT2D eigenvalue weighted by atomic mass is 10.2. The van der Waals surface area contributed by atoms with Crippen LogP contribution in [0.5, 0.6) is 0 Å². The minimum atomic E-state index is 0.409. The molecule has 1 fully saturated rings. The van der Waals surface area contributed by atoms with Gasteiger partial charge in [0.2, 0.25) is 16.9 Å². The van der Waals surface area contributed by atoms with E-state index in [9.17, 15) is 0 Å². The molecule has 124 valence electrons. The van der Waals surface area contributed by atoms with E-state index in [2.05, 4.69) is 25.7 Å². The van der Waals surface area contributed by atoms with Crippen LogP contribution in [0.3, 0.4) is 0 Å². The van der Waals surface area contributed by atoms with Crippen molar-refractivity contribution in [3.05, 3.63) is 35.2 Å². The molecule has 0 aliphatic heterocycles. The van der Waals surface area contributed by atoms with E-state index >= 15 is 0 Å². The van der Waals surface area contributed by atoms with Gasteiger partial charge >= 0.3 is 0 Å². The summed E-state index contributed by atoms with van der Waals surface area (Å²) >= 11 is 7.50. The van der Waals surface area contributed by atoms with Crippen molar-refractivity contribution < 1.29 is 4.52 Å². The van der Waals surface area contributed by atoms with Crippen LogP contribution >= 0.6 is 23.4 Å². The number of thioether (sulfide) groups is 1. The van der Waals surface area contributed by atoms with Crippen LogP contribution in [-0.4, -0.2) is 30.3 Å². The molecule has 1 aromatic carbocycles. The summed E-state index contributed by atoms with van der Waals surface area (Å²) in [5, 5.41) is 17.5. The number of benzene rings is 1. The molecule has 0 radical (unpaired) electrons. The second-order valence-electron chi connectivity index (χ2n) is 5.66. The van der Waals surface area contributed by atoms with Gasteiger partial charge in [-0.2, -0.15) is 4.98 Å². The average Bonchev–Trinajstić information content (AvgIpc) is 3.33. The summed E-state index contributed by atoms with van der Waals surface area (Å²) in [6, 6.07) is 7.79. The summed E-state index contributed by atoms with van der Waals surface area (Å²) in [6.07, 6.45) is 4.75. The van der Waals surface area contributed by atoms with Gasteiger partial charge in [0.05, 0.1) is 11.8 Å². The molecule has 0 atom stereocenters. The maximum absolute atomic E-state index is 5.99. The van der Waals surface area contributed by atoms with E-state index in [1.54, 1.807) is 0 Å². The molecular weight excluding hydrogens is 348 g/mol. The maximum atomic E-state index is 5.99. The molecule has 9 heteroatoms. The fraction of sp³-hybridized carbons (Fsp3) is 0.400. The highest BCUT2D eigenvalue weighted by Crippen LogP contribution is 2.32. The van der Waals surface area contributed by atoms with Gasteiger partial charge in [-0.05, 0) is 35.4 Å². The van der Waals surface area contributed by atoms with Crippen LogP contribution in [0.15, 0.2) is 33.9 Å². The van der Waals surface area contributed by atoms with Crippen LogP contribution < -0.4 is 0 Å². The monoisotopic (exact) mass is 362 g/mol. The first kappa shape index (κ1) is 15.6. The summed E-state index contributed by atoms with van der Waals surface area (Å²) in [7, 11) is 0. The van der Waals surface area contributed by atoms with Crippen molar-refractivity contribution in [1.29, 1.82) is 0 Å². The average molecular weight is 363 g/mol. The first-order chi connectivity index (χ1) is 11.8. The number of nitrogens with zero attached hydrogens (tertiary/aromatic N) is 6. The summed E-state index contributed by atoms with van der Waals surface area (Å²) in [4.78, 5) is 4.41. The molecular formula is C15H15ClN6OS. The van der Waals surface area contributed by atoms with Gasteiger partial charge < -0.3 is 4.52 Å². The van der Waals surface area contributed by atoms with Gasteiger partial charge in [-0.25, -0.2) is 4.68 Å². The summed E-state index contributed by atoms with van der Waals surface area (Å²) in [5.41, 5.74) is 0.832. The number of halogens is 1. The SMILES string of the molecule is Clc1cccc(-c2noc(CSc3nnnn3C3CCCC3)n2)c1. The van der Waals surface area contributed by atoms with Crippen LogP contribution in [0.4, 0.5) is 0 Å². The molecule has 0 spiro atoms. The van der Waals surface area contributed by atoms with Crippen molar-refractivity contribution in [3.8, 4) is 11.4 Å². The van der Waals surface area contributed by atoms with Crippen molar-refractivity contribution in [3.63, 3.8) is 0 Å². The lowest BCUT2D eigenvalue weighted by Crippen LogP contribution is -2.08. The van der Waals surface area contributed by atoms with Crippen LogP contribution in [0, 0.1) is 0 Å². The van der Waals surface area contributed by atoms with Gasteiger partial charge in [-0.15, -0.1) is 5.10 Å². The quantitative estimate of drug-likeness (QED) is 0.638. The zero-order valence-electron chi connectivity index (χ0n) is 12.8. The van der Waals surface area contributed by atoms with Crippen molar-refractivity contribution in [1.82, 2.24) is 30.3 Å². The van der Waals surface area contributed by atoms with Crippen molar-refractivity contribution >= 4 is 23.4 Å². The van der Waals surface area contributed by atoms with E-state index in [1.807, 2.05) is 28.9 Å². The van der Waals surface area contributed by atoms with Gasteiger partial charge in [-0.3, -0.25) is 0 Å². The fourth-order valence-electron chi connectivity index (χ4n) is 2.84. The molecule has 1 aliphatic rings. The van der Waals surface area contributed by atoms with E-state index in [0.29, 0.717) is 28.5 Å². The Morgan fingerprint density at radius 3 is 3.00 bits per heavy atom. The molecule has 0 saturated heterocycles. The Bertz CT molecular complexity index is 829. The van der Waals surface area contributed by atoms with Crippen LogP contribution in [0.2, 0.25) is 5.02 Å². The van der Waals surface area contributed by atoms with Crippen LogP contribution in [0.1, 0.15) is 37.6 Å². The molecule has 0 bridgehead atoms. The predicted octanol–water partition coefficient (Wildman–Crippen LogP) is 3.78. The molecule has 3 aromatic rings. The van der Waals surface area contributed by atoms with Crippen LogP contribution in [-0.2, 0) is 5.75 Å². The minimum absolute atomic E-state index is 0.409. The third kappa shape index (κ3) is 3.29. The highest BCUT2D eigenvalue weighted by molar-refractivity contribution is 7.98. The second kappa shape index (κ2) is 6.90. The zero-order chi connectivity index (χ0) is 16.4. The molecule has 1 aliphatic carbocycles. The molecule has 2 aromatic heterocycles. The molecule has 1 saturated carbocycles. The Labute approximate surface area is 147 Å². The highest BCUT2D eigenvalue weighted by Gasteiger charge is 2.22. The van der Waals surface area contributed by atoms with Gasteiger partial charge in [-0.1, -0.05) is 53.5 Å². The Kier molecular flexibility index (Phi) is 4.48. The fourth-order valence-corrected chi connectivity index (χ4v) is 3.82. The second-order valence-corrected chi connectivity index (χ2v) is 7.03. The third-order valence-corrected chi connectivity index (χ3v) is 5.16. The Morgan fingerprint density at radius 2 is 2.17 bits per heavy atom. The number of aromatic nitrogens is 6. The molecule has 0 unspecified atom stereocenters. The summed E-state index contributed by atoms with van der Waals surface area (Å²) in [5.74, 6) is 1.60. The van der Waals surface area contributed by atoms with Gasteiger partial charge in [0.1, 0.15) is 0 Å². The van der Waals surface area contributed by atoms with E-state index < -0.39 is 0 Å². The highest BCUT2D eigenvalue weighted by atomic mass is 35.5. The molecule has 0 amide bonds.